The van der Waals surface area contributed by atoms with Gasteiger partial charge in [0.1, 0.15) is 0 Å². The molecule has 78 valence electrons. The van der Waals surface area contributed by atoms with E-state index in [1.807, 2.05) is 31.4 Å². The Kier molecular flexibility index (Phi) is 2.77. The van der Waals surface area contributed by atoms with E-state index >= 15 is 0 Å². The van der Waals surface area contributed by atoms with Crippen LogP contribution in [0.4, 0.5) is 4.39 Å². The molecular weight excluding hydrogens is 211 g/mol. The zero-order valence-corrected chi connectivity index (χ0v) is 9.44. The predicted octanol–water partition coefficient (Wildman–Crippen LogP) is 3.22. The molecule has 0 radical (unpaired) electrons. The monoisotopic (exact) mass is 222 g/mol. The number of halogens is 1. The van der Waals surface area contributed by atoms with Crippen molar-refractivity contribution in [2.24, 2.45) is 0 Å². The van der Waals surface area contributed by atoms with Gasteiger partial charge in [-0.25, -0.2) is 4.98 Å². The Morgan fingerprint density at radius 3 is 2.73 bits per heavy atom. The molecule has 2 nitrogen and oxygen atoms in total. The van der Waals surface area contributed by atoms with Crippen molar-refractivity contribution in [3.8, 4) is 10.7 Å². The van der Waals surface area contributed by atoms with Crippen molar-refractivity contribution in [2.45, 2.75) is 20.3 Å². The highest BCUT2D eigenvalue weighted by molar-refractivity contribution is 7.13. The van der Waals surface area contributed by atoms with Gasteiger partial charge in [0.2, 0.25) is 5.95 Å². The van der Waals surface area contributed by atoms with E-state index in [4.69, 9.17) is 0 Å². The minimum absolute atomic E-state index is 0.395. The molecule has 0 N–H and O–H groups in total. The molecule has 0 spiro atoms. The number of hydrogen-bond donors (Lipinski definition) is 0. The molecule has 2 aromatic rings. The second kappa shape index (κ2) is 4.06. The van der Waals surface area contributed by atoms with Crippen LogP contribution in [-0.2, 0) is 6.42 Å². The first kappa shape index (κ1) is 10.2. The Balaban J connectivity index is 2.53. The summed E-state index contributed by atoms with van der Waals surface area (Å²) in [6.07, 6.45) is 0.627. The minimum atomic E-state index is -0.395. The smallest absolute Gasteiger partial charge is 0.219 e. The number of aromatic nitrogens is 2. The van der Waals surface area contributed by atoms with Crippen LogP contribution in [0.2, 0.25) is 0 Å². The van der Waals surface area contributed by atoms with E-state index in [1.54, 1.807) is 0 Å². The molecule has 0 saturated heterocycles. The van der Waals surface area contributed by atoms with Gasteiger partial charge in [-0.3, -0.25) is 0 Å². The summed E-state index contributed by atoms with van der Waals surface area (Å²) in [5.74, 6) is 0.0885. The quantitative estimate of drug-likeness (QED) is 0.729. The predicted molar refractivity (Wildman–Crippen MR) is 59.4 cm³/mol. The zero-order chi connectivity index (χ0) is 10.8. The summed E-state index contributed by atoms with van der Waals surface area (Å²) < 4.78 is 13.6. The Morgan fingerprint density at radius 2 is 2.20 bits per heavy atom. The molecule has 0 aliphatic heterocycles. The van der Waals surface area contributed by atoms with Crippen LogP contribution in [0.5, 0.6) is 0 Å². The summed E-state index contributed by atoms with van der Waals surface area (Å²) in [6, 6.07) is 3.80. The van der Waals surface area contributed by atoms with Gasteiger partial charge in [-0.15, -0.1) is 11.3 Å². The van der Waals surface area contributed by atoms with Gasteiger partial charge in [-0.05, 0) is 24.8 Å². The maximum absolute atomic E-state index is 13.6. The maximum atomic E-state index is 13.6. The maximum Gasteiger partial charge on any atom is 0.219 e. The van der Waals surface area contributed by atoms with Crippen molar-refractivity contribution in [2.75, 3.05) is 0 Å². The largest absolute Gasteiger partial charge is 0.232 e. The topological polar surface area (TPSA) is 25.8 Å². The fourth-order valence-electron chi connectivity index (χ4n) is 1.48. The van der Waals surface area contributed by atoms with Gasteiger partial charge >= 0.3 is 0 Å². The summed E-state index contributed by atoms with van der Waals surface area (Å²) in [4.78, 5) is 9.09. The molecule has 0 bridgehead atoms. The van der Waals surface area contributed by atoms with Crippen LogP contribution < -0.4 is 0 Å². The SMILES string of the molecule is CCc1c(C)nc(-c2cccs2)nc1F. The van der Waals surface area contributed by atoms with Crippen molar-refractivity contribution >= 4 is 11.3 Å². The first-order chi connectivity index (χ1) is 7.22. The molecule has 0 aliphatic carbocycles. The Hall–Kier alpha value is -1.29. The minimum Gasteiger partial charge on any atom is -0.232 e. The molecule has 15 heavy (non-hydrogen) atoms. The highest BCUT2D eigenvalue weighted by Gasteiger charge is 2.11. The van der Waals surface area contributed by atoms with E-state index in [2.05, 4.69) is 9.97 Å². The second-order valence-corrected chi connectivity index (χ2v) is 4.18. The molecule has 0 saturated carbocycles. The van der Waals surface area contributed by atoms with Crippen molar-refractivity contribution < 1.29 is 4.39 Å². The Bertz CT molecular complexity index is 442. The molecule has 2 heterocycles. The number of nitrogens with zero attached hydrogens (tertiary/aromatic N) is 2. The number of hydrogen-bond acceptors (Lipinski definition) is 3. The molecule has 0 aliphatic rings. The molecule has 0 aromatic carbocycles. The van der Waals surface area contributed by atoms with Crippen LogP contribution in [0.15, 0.2) is 17.5 Å². The van der Waals surface area contributed by atoms with Crippen molar-refractivity contribution in [3.63, 3.8) is 0 Å². The van der Waals surface area contributed by atoms with Crippen LogP contribution in [0, 0.1) is 12.9 Å². The van der Waals surface area contributed by atoms with Crippen LogP contribution >= 0.6 is 11.3 Å². The molecular formula is C11H11FN2S. The van der Waals surface area contributed by atoms with Crippen LogP contribution in [0.25, 0.3) is 10.7 Å². The van der Waals surface area contributed by atoms with E-state index in [1.165, 1.54) is 11.3 Å². The van der Waals surface area contributed by atoms with Crippen LogP contribution in [-0.4, -0.2) is 9.97 Å². The summed E-state index contributed by atoms with van der Waals surface area (Å²) in [6.45, 7) is 3.72. The summed E-state index contributed by atoms with van der Waals surface area (Å²) in [7, 11) is 0. The van der Waals surface area contributed by atoms with E-state index in [9.17, 15) is 4.39 Å². The normalized spacial score (nSPS) is 10.6. The van der Waals surface area contributed by atoms with E-state index < -0.39 is 5.95 Å². The lowest BCUT2D eigenvalue weighted by Crippen LogP contribution is -2.01. The summed E-state index contributed by atoms with van der Waals surface area (Å²) in [5.41, 5.74) is 1.34. The van der Waals surface area contributed by atoms with Gasteiger partial charge < -0.3 is 0 Å². The lowest BCUT2D eigenvalue weighted by atomic mass is 10.2. The van der Waals surface area contributed by atoms with E-state index in [0.29, 0.717) is 17.8 Å². The highest BCUT2D eigenvalue weighted by Crippen LogP contribution is 2.22. The Morgan fingerprint density at radius 1 is 1.40 bits per heavy atom. The summed E-state index contributed by atoms with van der Waals surface area (Å²) >= 11 is 1.52. The molecule has 2 rings (SSSR count). The van der Waals surface area contributed by atoms with E-state index in [0.717, 1.165) is 10.6 Å². The fraction of sp³-hybridized carbons (Fsp3) is 0.273. The third-order valence-electron chi connectivity index (χ3n) is 2.26. The lowest BCUT2D eigenvalue weighted by molar-refractivity contribution is 0.563. The zero-order valence-electron chi connectivity index (χ0n) is 8.62. The third kappa shape index (κ3) is 1.90. The van der Waals surface area contributed by atoms with Gasteiger partial charge in [-0.1, -0.05) is 13.0 Å². The van der Waals surface area contributed by atoms with Crippen molar-refractivity contribution in [3.05, 3.63) is 34.7 Å². The van der Waals surface area contributed by atoms with Gasteiger partial charge in [-0.2, -0.15) is 9.37 Å². The van der Waals surface area contributed by atoms with Crippen LogP contribution in [0.1, 0.15) is 18.2 Å². The van der Waals surface area contributed by atoms with Crippen LogP contribution in [0.3, 0.4) is 0 Å². The standard InChI is InChI=1S/C11H11FN2S/c1-3-8-7(2)13-11(14-10(8)12)9-5-4-6-15-9/h4-6H,3H2,1-2H3. The molecule has 0 amide bonds. The molecule has 0 fully saturated rings. The molecule has 0 unspecified atom stereocenters. The van der Waals surface area contributed by atoms with Crippen molar-refractivity contribution in [1.29, 1.82) is 0 Å². The van der Waals surface area contributed by atoms with Gasteiger partial charge in [0.15, 0.2) is 5.82 Å². The molecule has 2 aromatic heterocycles. The first-order valence-electron chi connectivity index (χ1n) is 4.79. The molecule has 4 heteroatoms. The van der Waals surface area contributed by atoms with E-state index in [-0.39, 0.29) is 0 Å². The molecule has 0 atom stereocenters. The number of aryl methyl sites for hydroxylation is 1. The fourth-order valence-corrected chi connectivity index (χ4v) is 2.14. The second-order valence-electron chi connectivity index (χ2n) is 3.23. The average Bonchev–Trinajstić information content (AvgIpc) is 2.69. The van der Waals surface area contributed by atoms with Gasteiger partial charge in [0.25, 0.3) is 0 Å². The third-order valence-corrected chi connectivity index (χ3v) is 3.12. The van der Waals surface area contributed by atoms with Gasteiger partial charge in [0.05, 0.1) is 4.88 Å². The van der Waals surface area contributed by atoms with Gasteiger partial charge in [0, 0.05) is 11.3 Å². The number of thiophene rings is 1. The Labute approximate surface area is 91.8 Å². The number of rotatable bonds is 2. The first-order valence-corrected chi connectivity index (χ1v) is 5.67. The average molecular weight is 222 g/mol. The highest BCUT2D eigenvalue weighted by atomic mass is 32.1. The lowest BCUT2D eigenvalue weighted by Gasteiger charge is -2.05. The van der Waals surface area contributed by atoms with Crippen molar-refractivity contribution in [1.82, 2.24) is 9.97 Å². The summed E-state index contributed by atoms with van der Waals surface area (Å²) in [5, 5.41) is 1.93.